The second-order valence-electron chi connectivity index (χ2n) is 6.30. The molecule has 134 valence electrons. The molecule has 7 heteroatoms. The average Bonchev–Trinajstić information content (AvgIpc) is 2.94. The van der Waals surface area contributed by atoms with Gasteiger partial charge >= 0.3 is 0 Å². The Morgan fingerprint density at radius 2 is 1.96 bits per heavy atom. The molecule has 6 nitrogen and oxygen atoms in total. The summed E-state index contributed by atoms with van der Waals surface area (Å²) in [6.45, 7) is 8.59. The molecule has 0 aliphatic heterocycles. The van der Waals surface area contributed by atoms with E-state index in [2.05, 4.69) is 29.1 Å². The van der Waals surface area contributed by atoms with Crippen LogP contribution in [0.25, 0.3) is 0 Å². The molecule has 2 amide bonds. The number of carbonyl (C=O) groups is 2. The van der Waals surface area contributed by atoms with Crippen LogP contribution in [0.4, 0.5) is 5.13 Å². The summed E-state index contributed by atoms with van der Waals surface area (Å²) < 4.78 is 0. The Morgan fingerprint density at radius 3 is 2.56 bits per heavy atom. The van der Waals surface area contributed by atoms with Crippen molar-refractivity contribution >= 4 is 28.3 Å². The zero-order valence-corrected chi connectivity index (χ0v) is 15.9. The first-order valence-corrected chi connectivity index (χ1v) is 9.12. The van der Waals surface area contributed by atoms with Crippen molar-refractivity contribution in [3.8, 4) is 0 Å². The van der Waals surface area contributed by atoms with Crippen LogP contribution in [0.1, 0.15) is 48.1 Å². The average molecular weight is 360 g/mol. The molecule has 0 atom stereocenters. The van der Waals surface area contributed by atoms with Gasteiger partial charge in [-0.25, -0.2) is 4.98 Å². The molecule has 0 unspecified atom stereocenters. The number of carbonyl (C=O) groups excluding carboxylic acids is 2. The van der Waals surface area contributed by atoms with Crippen molar-refractivity contribution in [2.75, 3.05) is 11.4 Å². The van der Waals surface area contributed by atoms with Crippen molar-refractivity contribution < 1.29 is 9.59 Å². The van der Waals surface area contributed by atoms with Crippen LogP contribution in [0.2, 0.25) is 0 Å². The van der Waals surface area contributed by atoms with Crippen LogP contribution < -0.4 is 10.2 Å². The lowest BCUT2D eigenvalue weighted by Crippen LogP contribution is -2.30. The number of thiazole rings is 1. The summed E-state index contributed by atoms with van der Waals surface area (Å²) in [5, 5.41) is 3.47. The van der Waals surface area contributed by atoms with E-state index >= 15 is 0 Å². The Bertz CT molecular complexity index is 728. The van der Waals surface area contributed by atoms with Gasteiger partial charge in [-0.1, -0.05) is 25.2 Å². The highest BCUT2D eigenvalue weighted by atomic mass is 32.1. The number of pyridine rings is 1. The van der Waals surface area contributed by atoms with Gasteiger partial charge in [-0.15, -0.1) is 0 Å². The highest BCUT2D eigenvalue weighted by molar-refractivity contribution is 7.17. The molecule has 0 aliphatic rings. The SMILES string of the molecule is CC(=O)N(CCC(C)C)c1nc(C)c(C(=O)NCc2ccncc2)s1. The summed E-state index contributed by atoms with van der Waals surface area (Å²) in [4.78, 5) is 35.0. The van der Waals surface area contributed by atoms with Crippen LogP contribution in [-0.4, -0.2) is 28.3 Å². The zero-order valence-electron chi connectivity index (χ0n) is 15.1. The van der Waals surface area contributed by atoms with Gasteiger partial charge in [0.2, 0.25) is 5.91 Å². The van der Waals surface area contributed by atoms with Crippen LogP contribution in [0.15, 0.2) is 24.5 Å². The lowest BCUT2D eigenvalue weighted by atomic mass is 10.1. The summed E-state index contributed by atoms with van der Waals surface area (Å²) in [6.07, 6.45) is 4.27. The second kappa shape index (κ2) is 8.71. The van der Waals surface area contributed by atoms with Crippen LogP contribution >= 0.6 is 11.3 Å². The molecule has 0 saturated carbocycles. The van der Waals surface area contributed by atoms with Crippen molar-refractivity contribution in [2.45, 2.75) is 40.7 Å². The van der Waals surface area contributed by atoms with Gasteiger partial charge in [0.05, 0.1) is 5.69 Å². The first-order valence-electron chi connectivity index (χ1n) is 8.31. The maximum atomic E-state index is 12.5. The van der Waals surface area contributed by atoms with E-state index in [1.807, 2.05) is 12.1 Å². The number of rotatable bonds is 7. The number of aromatic nitrogens is 2. The van der Waals surface area contributed by atoms with E-state index in [0.29, 0.717) is 34.7 Å². The van der Waals surface area contributed by atoms with Gasteiger partial charge in [0.25, 0.3) is 5.91 Å². The molecule has 0 radical (unpaired) electrons. The molecule has 2 aromatic rings. The molecule has 0 spiro atoms. The van der Waals surface area contributed by atoms with Gasteiger partial charge in [0, 0.05) is 32.4 Å². The Balaban J connectivity index is 2.09. The smallest absolute Gasteiger partial charge is 0.263 e. The fourth-order valence-corrected chi connectivity index (χ4v) is 3.30. The predicted octanol–water partition coefficient (Wildman–Crippen LogP) is 3.18. The molecule has 2 heterocycles. The monoisotopic (exact) mass is 360 g/mol. The van der Waals surface area contributed by atoms with Crippen LogP contribution in [0, 0.1) is 12.8 Å². The van der Waals surface area contributed by atoms with Crippen molar-refractivity contribution in [3.05, 3.63) is 40.7 Å². The van der Waals surface area contributed by atoms with E-state index in [0.717, 1.165) is 12.0 Å². The lowest BCUT2D eigenvalue weighted by Gasteiger charge is -2.18. The van der Waals surface area contributed by atoms with Gasteiger partial charge in [-0.3, -0.25) is 19.5 Å². The summed E-state index contributed by atoms with van der Waals surface area (Å²) in [6, 6.07) is 3.71. The normalized spacial score (nSPS) is 10.8. The molecule has 1 N–H and O–H groups in total. The summed E-state index contributed by atoms with van der Waals surface area (Å²) in [5.74, 6) is 0.259. The fraction of sp³-hybridized carbons (Fsp3) is 0.444. The number of anilines is 1. The fourth-order valence-electron chi connectivity index (χ4n) is 2.25. The van der Waals surface area contributed by atoms with E-state index in [9.17, 15) is 9.59 Å². The molecule has 2 rings (SSSR count). The zero-order chi connectivity index (χ0) is 18.4. The van der Waals surface area contributed by atoms with Crippen LogP contribution in [0.3, 0.4) is 0 Å². The van der Waals surface area contributed by atoms with Crippen molar-refractivity contribution in [1.29, 1.82) is 0 Å². The van der Waals surface area contributed by atoms with Crippen LogP contribution in [0.5, 0.6) is 0 Å². The Morgan fingerprint density at radius 1 is 1.28 bits per heavy atom. The van der Waals surface area contributed by atoms with Gasteiger partial charge < -0.3 is 5.32 Å². The van der Waals surface area contributed by atoms with E-state index in [4.69, 9.17) is 0 Å². The largest absolute Gasteiger partial charge is 0.347 e. The van der Waals surface area contributed by atoms with Gasteiger partial charge in [0.15, 0.2) is 5.13 Å². The number of hydrogen-bond donors (Lipinski definition) is 1. The molecule has 0 aromatic carbocycles. The van der Waals surface area contributed by atoms with Gasteiger partial charge in [-0.2, -0.15) is 0 Å². The van der Waals surface area contributed by atoms with Gasteiger partial charge in [0.1, 0.15) is 4.88 Å². The Hall–Kier alpha value is -2.28. The molecule has 0 saturated heterocycles. The summed E-state index contributed by atoms with van der Waals surface area (Å²) in [5.41, 5.74) is 1.62. The van der Waals surface area contributed by atoms with Crippen molar-refractivity contribution in [2.24, 2.45) is 5.92 Å². The first kappa shape index (κ1) is 19.1. The standard InChI is InChI=1S/C18H24N4O2S/c1-12(2)7-10-22(14(4)23)18-21-13(3)16(25-18)17(24)20-11-15-5-8-19-9-6-15/h5-6,8-9,12H,7,10-11H2,1-4H3,(H,20,24). The maximum absolute atomic E-state index is 12.5. The molecule has 0 aliphatic carbocycles. The highest BCUT2D eigenvalue weighted by Gasteiger charge is 2.21. The first-order chi connectivity index (χ1) is 11.9. The van der Waals surface area contributed by atoms with Crippen molar-refractivity contribution in [1.82, 2.24) is 15.3 Å². The number of hydrogen-bond acceptors (Lipinski definition) is 5. The van der Waals surface area contributed by atoms with E-state index in [1.54, 1.807) is 24.2 Å². The minimum atomic E-state index is -0.176. The van der Waals surface area contributed by atoms with E-state index < -0.39 is 0 Å². The Labute approximate surface area is 152 Å². The maximum Gasteiger partial charge on any atom is 0.263 e. The molecule has 2 aromatic heterocycles. The van der Waals surface area contributed by atoms with E-state index in [-0.39, 0.29) is 11.8 Å². The number of nitrogens with zero attached hydrogens (tertiary/aromatic N) is 3. The van der Waals surface area contributed by atoms with Crippen LogP contribution in [-0.2, 0) is 11.3 Å². The molecule has 25 heavy (non-hydrogen) atoms. The topological polar surface area (TPSA) is 75.2 Å². The summed E-state index contributed by atoms with van der Waals surface area (Å²) >= 11 is 1.26. The highest BCUT2D eigenvalue weighted by Crippen LogP contribution is 2.27. The number of nitrogens with one attached hydrogen (secondary N) is 1. The predicted molar refractivity (Wildman–Crippen MR) is 99.7 cm³/mol. The third-order valence-corrected chi connectivity index (χ3v) is 4.91. The van der Waals surface area contributed by atoms with E-state index in [1.165, 1.54) is 18.3 Å². The quantitative estimate of drug-likeness (QED) is 0.823. The van der Waals surface area contributed by atoms with Gasteiger partial charge in [-0.05, 0) is 37.0 Å². The third-order valence-electron chi connectivity index (χ3n) is 3.74. The third kappa shape index (κ3) is 5.35. The number of aryl methyl sites for hydroxylation is 1. The van der Waals surface area contributed by atoms with Crippen molar-refractivity contribution in [3.63, 3.8) is 0 Å². The minimum Gasteiger partial charge on any atom is -0.347 e. The lowest BCUT2D eigenvalue weighted by molar-refractivity contribution is -0.116. The molecular weight excluding hydrogens is 336 g/mol. The molecule has 0 fully saturated rings. The molecular formula is C18H24N4O2S. The Kier molecular flexibility index (Phi) is 6.64. The summed E-state index contributed by atoms with van der Waals surface area (Å²) in [7, 11) is 0. The molecule has 0 bridgehead atoms. The minimum absolute atomic E-state index is 0.0573. The second-order valence-corrected chi connectivity index (χ2v) is 7.28. The number of amides is 2.